The van der Waals surface area contributed by atoms with Crippen molar-refractivity contribution in [1.82, 2.24) is 4.98 Å². The number of hydrogen-bond acceptors (Lipinski definition) is 5. The molecule has 0 aliphatic carbocycles. The smallest absolute Gasteiger partial charge is 0.340 e. The molecule has 1 fully saturated rings. The molecule has 5 heteroatoms. The largest absolute Gasteiger partial charge is 0.465 e. The fourth-order valence-corrected chi connectivity index (χ4v) is 2.04. The van der Waals surface area contributed by atoms with Gasteiger partial charge in [0.05, 0.1) is 24.6 Å². The molecular formula is C12H17N3O2. The minimum atomic E-state index is -0.414. The van der Waals surface area contributed by atoms with E-state index in [-0.39, 0.29) is 0 Å². The zero-order valence-corrected chi connectivity index (χ0v) is 9.98. The molecule has 1 aliphatic heterocycles. The van der Waals surface area contributed by atoms with Crippen LogP contribution in [0.1, 0.15) is 29.6 Å². The van der Waals surface area contributed by atoms with Crippen LogP contribution in [0.3, 0.4) is 0 Å². The Morgan fingerprint density at radius 2 is 2.12 bits per heavy atom. The molecule has 0 saturated carbocycles. The van der Waals surface area contributed by atoms with E-state index in [1.807, 2.05) is 0 Å². The van der Waals surface area contributed by atoms with Gasteiger partial charge in [-0.2, -0.15) is 0 Å². The molecule has 0 unspecified atom stereocenters. The van der Waals surface area contributed by atoms with Crippen LogP contribution in [-0.4, -0.2) is 31.2 Å². The van der Waals surface area contributed by atoms with E-state index in [9.17, 15) is 4.79 Å². The zero-order valence-electron chi connectivity index (χ0n) is 9.98. The number of anilines is 2. The van der Waals surface area contributed by atoms with Crippen LogP contribution in [0.4, 0.5) is 11.5 Å². The number of aromatic nitrogens is 1. The predicted octanol–water partition coefficient (Wildman–Crippen LogP) is 1.44. The third-order valence-corrected chi connectivity index (χ3v) is 3.01. The van der Waals surface area contributed by atoms with Gasteiger partial charge in [-0.15, -0.1) is 0 Å². The molecule has 2 heterocycles. The SMILES string of the molecule is COC(=O)c1cc(N2CCCCC2)ncc1N. The highest BCUT2D eigenvalue weighted by atomic mass is 16.5. The normalized spacial score (nSPS) is 15.7. The minimum absolute atomic E-state index is 0.359. The van der Waals surface area contributed by atoms with Crippen molar-refractivity contribution in [2.75, 3.05) is 30.8 Å². The zero-order chi connectivity index (χ0) is 12.3. The lowest BCUT2D eigenvalue weighted by Gasteiger charge is -2.28. The lowest BCUT2D eigenvalue weighted by molar-refractivity contribution is 0.0602. The number of rotatable bonds is 2. The number of piperidine rings is 1. The lowest BCUT2D eigenvalue weighted by Crippen LogP contribution is -2.30. The van der Waals surface area contributed by atoms with Crippen LogP contribution in [0.5, 0.6) is 0 Å². The lowest BCUT2D eigenvalue weighted by atomic mass is 10.1. The van der Waals surface area contributed by atoms with Crippen molar-refractivity contribution in [2.24, 2.45) is 0 Å². The molecule has 0 spiro atoms. The first-order valence-corrected chi connectivity index (χ1v) is 5.81. The Morgan fingerprint density at radius 3 is 2.76 bits per heavy atom. The molecule has 5 nitrogen and oxygen atoms in total. The summed E-state index contributed by atoms with van der Waals surface area (Å²) in [6.07, 6.45) is 5.12. The second-order valence-electron chi connectivity index (χ2n) is 4.17. The van der Waals surface area contributed by atoms with Crippen molar-refractivity contribution in [2.45, 2.75) is 19.3 Å². The number of hydrogen-bond donors (Lipinski definition) is 1. The summed E-state index contributed by atoms with van der Waals surface area (Å²) in [6, 6.07) is 1.71. The summed E-state index contributed by atoms with van der Waals surface area (Å²) in [4.78, 5) is 18.0. The number of ether oxygens (including phenoxy) is 1. The van der Waals surface area contributed by atoms with Gasteiger partial charge in [0.15, 0.2) is 0 Å². The van der Waals surface area contributed by atoms with Crippen LogP contribution in [0.15, 0.2) is 12.3 Å². The molecule has 0 atom stereocenters. The Morgan fingerprint density at radius 1 is 1.41 bits per heavy atom. The second-order valence-corrected chi connectivity index (χ2v) is 4.17. The summed E-state index contributed by atoms with van der Waals surface area (Å²) < 4.78 is 4.69. The number of pyridine rings is 1. The van der Waals surface area contributed by atoms with E-state index in [4.69, 9.17) is 10.5 Å². The third kappa shape index (κ3) is 2.49. The first-order chi connectivity index (χ1) is 8.22. The van der Waals surface area contributed by atoms with Crippen molar-refractivity contribution < 1.29 is 9.53 Å². The van der Waals surface area contributed by atoms with Gasteiger partial charge in [0.2, 0.25) is 0 Å². The summed E-state index contributed by atoms with van der Waals surface area (Å²) >= 11 is 0. The standard InChI is InChI=1S/C12H17N3O2/c1-17-12(16)9-7-11(14-8-10(9)13)15-5-3-2-4-6-15/h7-8H,2-6,13H2,1H3. The maximum atomic E-state index is 11.5. The monoisotopic (exact) mass is 235 g/mol. The molecule has 0 aromatic carbocycles. The molecule has 2 N–H and O–H groups in total. The van der Waals surface area contributed by atoms with Crippen molar-refractivity contribution >= 4 is 17.5 Å². The number of methoxy groups -OCH3 is 1. The van der Waals surface area contributed by atoms with E-state index in [0.29, 0.717) is 11.3 Å². The van der Waals surface area contributed by atoms with Crippen molar-refractivity contribution in [3.63, 3.8) is 0 Å². The Balaban J connectivity index is 2.26. The van der Waals surface area contributed by atoms with Gasteiger partial charge in [-0.25, -0.2) is 9.78 Å². The number of carbonyl (C=O) groups is 1. The third-order valence-electron chi connectivity index (χ3n) is 3.01. The van der Waals surface area contributed by atoms with Crippen LogP contribution >= 0.6 is 0 Å². The van der Waals surface area contributed by atoms with Crippen LogP contribution in [0.25, 0.3) is 0 Å². The molecule has 1 saturated heterocycles. The highest BCUT2D eigenvalue weighted by Gasteiger charge is 2.16. The fraction of sp³-hybridized carbons (Fsp3) is 0.500. The first kappa shape index (κ1) is 11.7. The van der Waals surface area contributed by atoms with Crippen molar-refractivity contribution in [3.8, 4) is 0 Å². The Hall–Kier alpha value is -1.78. The van der Waals surface area contributed by atoms with Gasteiger partial charge in [-0.3, -0.25) is 0 Å². The molecule has 0 amide bonds. The Bertz CT molecular complexity index is 414. The van der Waals surface area contributed by atoms with Crippen LogP contribution < -0.4 is 10.6 Å². The molecule has 1 aromatic rings. The van der Waals surface area contributed by atoms with Gasteiger partial charge in [0.1, 0.15) is 5.82 Å². The second kappa shape index (κ2) is 5.03. The summed E-state index contributed by atoms with van der Waals surface area (Å²) in [7, 11) is 1.35. The summed E-state index contributed by atoms with van der Waals surface area (Å²) in [5, 5.41) is 0. The van der Waals surface area contributed by atoms with E-state index in [1.165, 1.54) is 32.6 Å². The molecule has 1 aromatic heterocycles. The average Bonchev–Trinajstić information content (AvgIpc) is 2.39. The molecule has 2 rings (SSSR count). The van der Waals surface area contributed by atoms with E-state index in [2.05, 4.69) is 9.88 Å². The summed E-state index contributed by atoms with van der Waals surface area (Å²) in [5.41, 5.74) is 6.46. The minimum Gasteiger partial charge on any atom is -0.465 e. The number of nitrogen functional groups attached to an aromatic ring is 1. The van der Waals surface area contributed by atoms with Gasteiger partial charge >= 0.3 is 5.97 Å². The fourth-order valence-electron chi connectivity index (χ4n) is 2.04. The molecule has 0 radical (unpaired) electrons. The van der Waals surface area contributed by atoms with Crippen LogP contribution in [0.2, 0.25) is 0 Å². The number of carbonyl (C=O) groups excluding carboxylic acids is 1. The predicted molar refractivity (Wildman–Crippen MR) is 66.1 cm³/mol. The van der Waals surface area contributed by atoms with Gasteiger partial charge in [-0.05, 0) is 25.3 Å². The Kier molecular flexibility index (Phi) is 3.46. The Labute approximate surface area is 101 Å². The van der Waals surface area contributed by atoms with Gasteiger partial charge < -0.3 is 15.4 Å². The summed E-state index contributed by atoms with van der Waals surface area (Å²) in [6.45, 7) is 1.97. The maximum Gasteiger partial charge on any atom is 0.340 e. The van der Waals surface area contributed by atoms with E-state index in [1.54, 1.807) is 6.07 Å². The molecule has 92 valence electrons. The maximum absolute atomic E-state index is 11.5. The van der Waals surface area contributed by atoms with Crippen molar-refractivity contribution in [3.05, 3.63) is 17.8 Å². The number of nitrogens with zero attached hydrogens (tertiary/aromatic N) is 2. The molecular weight excluding hydrogens is 218 g/mol. The number of nitrogens with two attached hydrogens (primary N) is 1. The topological polar surface area (TPSA) is 68.5 Å². The first-order valence-electron chi connectivity index (χ1n) is 5.81. The molecule has 17 heavy (non-hydrogen) atoms. The average molecular weight is 235 g/mol. The highest BCUT2D eigenvalue weighted by Crippen LogP contribution is 2.21. The number of esters is 1. The van der Waals surface area contributed by atoms with Gasteiger partial charge in [0.25, 0.3) is 0 Å². The van der Waals surface area contributed by atoms with Gasteiger partial charge in [-0.1, -0.05) is 0 Å². The van der Waals surface area contributed by atoms with E-state index < -0.39 is 5.97 Å². The summed E-state index contributed by atoms with van der Waals surface area (Å²) in [5.74, 6) is 0.391. The van der Waals surface area contributed by atoms with Crippen LogP contribution in [0, 0.1) is 0 Å². The van der Waals surface area contributed by atoms with Crippen LogP contribution in [-0.2, 0) is 4.74 Å². The molecule has 0 bridgehead atoms. The van der Waals surface area contributed by atoms with E-state index in [0.717, 1.165) is 18.9 Å². The highest BCUT2D eigenvalue weighted by molar-refractivity contribution is 5.95. The van der Waals surface area contributed by atoms with Gasteiger partial charge in [0, 0.05) is 13.1 Å². The van der Waals surface area contributed by atoms with Crippen molar-refractivity contribution in [1.29, 1.82) is 0 Å². The van der Waals surface area contributed by atoms with E-state index >= 15 is 0 Å². The molecule has 1 aliphatic rings. The quantitative estimate of drug-likeness (QED) is 0.785.